The highest BCUT2D eigenvalue weighted by atomic mass is 16.3. The predicted octanol–water partition coefficient (Wildman–Crippen LogP) is 3.28. The van der Waals surface area contributed by atoms with E-state index in [4.69, 9.17) is 5.73 Å². The molecule has 2 rings (SSSR count). The second-order valence-electron chi connectivity index (χ2n) is 4.99. The van der Waals surface area contributed by atoms with Crippen molar-refractivity contribution < 1.29 is 5.11 Å². The Morgan fingerprint density at radius 3 is 2.56 bits per heavy atom. The highest BCUT2D eigenvalue weighted by molar-refractivity contribution is 5.38. The zero-order chi connectivity index (χ0) is 11.5. The van der Waals surface area contributed by atoms with Gasteiger partial charge in [-0.2, -0.15) is 0 Å². The fourth-order valence-electron chi connectivity index (χ4n) is 2.68. The Morgan fingerprint density at radius 2 is 1.94 bits per heavy atom. The minimum Gasteiger partial charge on any atom is -0.508 e. The Kier molecular flexibility index (Phi) is 3.49. The molecule has 0 bridgehead atoms. The zero-order valence-corrected chi connectivity index (χ0v) is 9.95. The Labute approximate surface area is 97.5 Å². The van der Waals surface area contributed by atoms with Crippen LogP contribution in [-0.4, -0.2) is 5.11 Å². The fraction of sp³-hybridized carbons (Fsp3) is 0.571. The van der Waals surface area contributed by atoms with Gasteiger partial charge in [0.25, 0.3) is 0 Å². The first kappa shape index (κ1) is 11.5. The first-order valence-corrected chi connectivity index (χ1v) is 6.23. The van der Waals surface area contributed by atoms with Crippen molar-refractivity contribution in [1.29, 1.82) is 0 Å². The molecule has 0 amide bonds. The Balaban J connectivity index is 2.15. The minimum atomic E-state index is 0.000833. The van der Waals surface area contributed by atoms with Gasteiger partial charge in [-0.3, -0.25) is 0 Å². The number of hydrogen-bond acceptors (Lipinski definition) is 2. The van der Waals surface area contributed by atoms with Crippen LogP contribution in [0.25, 0.3) is 0 Å². The van der Waals surface area contributed by atoms with E-state index in [-0.39, 0.29) is 6.04 Å². The molecule has 1 saturated carbocycles. The largest absolute Gasteiger partial charge is 0.508 e. The van der Waals surface area contributed by atoms with Gasteiger partial charge in [-0.25, -0.2) is 0 Å². The van der Waals surface area contributed by atoms with Crippen LogP contribution in [0.3, 0.4) is 0 Å². The molecule has 1 aliphatic rings. The van der Waals surface area contributed by atoms with Crippen LogP contribution in [0, 0.1) is 12.8 Å². The molecular weight excluding hydrogens is 198 g/mol. The van der Waals surface area contributed by atoms with E-state index in [0.717, 1.165) is 11.1 Å². The summed E-state index contributed by atoms with van der Waals surface area (Å²) in [6.45, 7) is 1.98. The van der Waals surface area contributed by atoms with Crippen molar-refractivity contribution in [2.45, 2.75) is 45.1 Å². The molecule has 88 valence electrons. The lowest BCUT2D eigenvalue weighted by Gasteiger charge is -2.28. The number of phenols is 1. The minimum absolute atomic E-state index is 0.000833. The number of aryl methyl sites for hydroxylation is 1. The highest BCUT2D eigenvalue weighted by Crippen LogP contribution is 2.36. The van der Waals surface area contributed by atoms with Crippen molar-refractivity contribution in [2.24, 2.45) is 11.7 Å². The summed E-state index contributed by atoms with van der Waals surface area (Å²) in [5, 5.41) is 9.91. The van der Waals surface area contributed by atoms with Crippen LogP contribution >= 0.6 is 0 Å². The van der Waals surface area contributed by atoms with Crippen molar-refractivity contribution in [2.75, 3.05) is 0 Å². The van der Waals surface area contributed by atoms with Gasteiger partial charge >= 0.3 is 0 Å². The van der Waals surface area contributed by atoms with Gasteiger partial charge in [0, 0.05) is 11.6 Å². The van der Waals surface area contributed by atoms with Crippen molar-refractivity contribution in [3.63, 3.8) is 0 Å². The molecule has 16 heavy (non-hydrogen) atoms. The molecule has 1 aromatic carbocycles. The summed E-state index contributed by atoms with van der Waals surface area (Å²) in [5.74, 6) is 0.903. The smallest absolute Gasteiger partial charge is 0.120 e. The van der Waals surface area contributed by atoms with E-state index in [1.54, 1.807) is 6.07 Å². The summed E-state index contributed by atoms with van der Waals surface area (Å²) < 4.78 is 0. The quantitative estimate of drug-likeness (QED) is 0.801. The molecule has 1 fully saturated rings. The van der Waals surface area contributed by atoms with E-state index in [1.165, 1.54) is 32.1 Å². The monoisotopic (exact) mass is 219 g/mol. The summed E-state index contributed by atoms with van der Waals surface area (Å²) in [6, 6.07) is 5.81. The molecule has 0 aliphatic heterocycles. The number of aromatic hydroxyl groups is 1. The lowest BCUT2D eigenvalue weighted by atomic mass is 9.81. The summed E-state index contributed by atoms with van der Waals surface area (Å²) in [4.78, 5) is 0. The SMILES string of the molecule is Cc1ccc([C@@H](N)C2CCCCC2)c(O)c1. The van der Waals surface area contributed by atoms with Crippen molar-refractivity contribution >= 4 is 0 Å². The number of benzene rings is 1. The number of rotatable bonds is 2. The van der Waals surface area contributed by atoms with Crippen molar-refractivity contribution in [1.82, 2.24) is 0 Å². The van der Waals surface area contributed by atoms with Gasteiger partial charge in [0.2, 0.25) is 0 Å². The molecule has 0 aromatic heterocycles. The third-order valence-electron chi connectivity index (χ3n) is 3.70. The average Bonchev–Trinajstić information content (AvgIpc) is 2.29. The molecule has 1 aromatic rings. The molecule has 0 radical (unpaired) electrons. The van der Waals surface area contributed by atoms with Crippen LogP contribution < -0.4 is 5.73 Å². The fourth-order valence-corrected chi connectivity index (χ4v) is 2.68. The first-order valence-electron chi connectivity index (χ1n) is 6.23. The number of nitrogens with two attached hydrogens (primary N) is 1. The molecule has 3 N–H and O–H groups in total. The summed E-state index contributed by atoms with van der Waals surface area (Å²) in [7, 11) is 0. The van der Waals surface area contributed by atoms with Crippen LogP contribution in [0.2, 0.25) is 0 Å². The third-order valence-corrected chi connectivity index (χ3v) is 3.70. The average molecular weight is 219 g/mol. The van der Waals surface area contributed by atoms with Gasteiger partial charge < -0.3 is 10.8 Å². The third kappa shape index (κ3) is 2.38. The van der Waals surface area contributed by atoms with E-state index in [2.05, 4.69) is 0 Å². The predicted molar refractivity (Wildman–Crippen MR) is 66.3 cm³/mol. The molecule has 2 nitrogen and oxygen atoms in total. The number of hydrogen-bond donors (Lipinski definition) is 2. The maximum absolute atomic E-state index is 9.91. The van der Waals surface area contributed by atoms with Crippen LogP contribution in [0.1, 0.15) is 49.3 Å². The molecule has 0 saturated heterocycles. The highest BCUT2D eigenvalue weighted by Gasteiger charge is 2.23. The topological polar surface area (TPSA) is 46.2 Å². The van der Waals surface area contributed by atoms with Crippen LogP contribution in [0.15, 0.2) is 18.2 Å². The molecule has 0 spiro atoms. The molecule has 0 heterocycles. The van der Waals surface area contributed by atoms with E-state index >= 15 is 0 Å². The van der Waals surface area contributed by atoms with Gasteiger partial charge in [0.1, 0.15) is 5.75 Å². The maximum atomic E-state index is 9.91. The molecule has 1 atom stereocenters. The van der Waals surface area contributed by atoms with Gasteiger partial charge in [-0.15, -0.1) is 0 Å². The Hall–Kier alpha value is -1.02. The van der Waals surface area contributed by atoms with Crippen LogP contribution in [-0.2, 0) is 0 Å². The second kappa shape index (κ2) is 4.88. The van der Waals surface area contributed by atoms with Crippen LogP contribution in [0.4, 0.5) is 0 Å². The lowest BCUT2D eigenvalue weighted by Crippen LogP contribution is -2.23. The standard InChI is InChI=1S/C14H21NO/c1-10-7-8-12(13(16)9-10)14(15)11-5-3-2-4-6-11/h7-9,11,14,16H,2-6,15H2,1H3/t14-/m0/s1. The summed E-state index contributed by atoms with van der Waals surface area (Å²) in [5.41, 5.74) is 8.26. The number of phenolic OH excluding ortho intramolecular Hbond substituents is 1. The van der Waals surface area contributed by atoms with Gasteiger partial charge in [-0.1, -0.05) is 31.4 Å². The maximum Gasteiger partial charge on any atom is 0.120 e. The molecular formula is C14H21NO. The van der Waals surface area contributed by atoms with E-state index in [0.29, 0.717) is 11.7 Å². The molecule has 0 unspecified atom stereocenters. The normalized spacial score (nSPS) is 19.6. The van der Waals surface area contributed by atoms with Gasteiger partial charge in [-0.05, 0) is 37.3 Å². The van der Waals surface area contributed by atoms with Crippen LogP contribution in [0.5, 0.6) is 5.75 Å². The van der Waals surface area contributed by atoms with E-state index in [1.807, 2.05) is 19.1 Å². The van der Waals surface area contributed by atoms with Crippen molar-refractivity contribution in [3.8, 4) is 5.75 Å². The first-order chi connectivity index (χ1) is 7.68. The van der Waals surface area contributed by atoms with E-state index in [9.17, 15) is 5.11 Å². The lowest BCUT2D eigenvalue weighted by molar-refractivity contribution is 0.303. The van der Waals surface area contributed by atoms with Crippen molar-refractivity contribution in [3.05, 3.63) is 29.3 Å². The zero-order valence-electron chi connectivity index (χ0n) is 9.95. The Bertz CT molecular complexity index is 356. The van der Waals surface area contributed by atoms with Gasteiger partial charge in [0.15, 0.2) is 0 Å². The summed E-state index contributed by atoms with van der Waals surface area (Å²) in [6.07, 6.45) is 6.31. The Morgan fingerprint density at radius 1 is 1.25 bits per heavy atom. The molecule has 1 aliphatic carbocycles. The summed E-state index contributed by atoms with van der Waals surface area (Å²) >= 11 is 0. The second-order valence-corrected chi connectivity index (χ2v) is 4.99. The van der Waals surface area contributed by atoms with E-state index < -0.39 is 0 Å². The van der Waals surface area contributed by atoms with Gasteiger partial charge in [0.05, 0.1) is 0 Å². The molecule has 2 heteroatoms.